The predicted octanol–water partition coefficient (Wildman–Crippen LogP) is 4.04. The number of hydrogen-bond acceptors (Lipinski definition) is 5. The Balaban J connectivity index is 1.71. The third kappa shape index (κ3) is 6.20. The number of aryl methyl sites for hydroxylation is 2. The zero-order chi connectivity index (χ0) is 24.0. The van der Waals surface area contributed by atoms with Crippen LogP contribution in [0.3, 0.4) is 0 Å². The summed E-state index contributed by atoms with van der Waals surface area (Å²) in [5.41, 5.74) is 7.11. The summed E-state index contributed by atoms with van der Waals surface area (Å²) in [7, 11) is -1.92. The largest absolute Gasteiger partial charge is 0.496 e. The Kier molecular flexibility index (Phi) is 7.50. The van der Waals surface area contributed by atoms with Gasteiger partial charge in [0.25, 0.3) is 5.91 Å². The fraction of sp³-hybridized carbons (Fsp3) is 0.200. The van der Waals surface area contributed by atoms with Gasteiger partial charge in [0.2, 0.25) is 10.0 Å². The van der Waals surface area contributed by atoms with Crippen molar-refractivity contribution in [3.63, 3.8) is 0 Å². The Hall–Kier alpha value is -3.65. The van der Waals surface area contributed by atoms with Gasteiger partial charge >= 0.3 is 0 Å². The molecule has 1 N–H and O–H groups in total. The summed E-state index contributed by atoms with van der Waals surface area (Å²) >= 11 is 0. The van der Waals surface area contributed by atoms with Crippen LogP contribution >= 0.6 is 0 Å². The molecule has 0 aliphatic heterocycles. The first-order valence-electron chi connectivity index (χ1n) is 10.3. The second kappa shape index (κ2) is 10.3. The smallest absolute Gasteiger partial charge is 0.271 e. The van der Waals surface area contributed by atoms with E-state index in [2.05, 4.69) is 10.5 Å². The van der Waals surface area contributed by atoms with E-state index in [0.717, 1.165) is 22.3 Å². The lowest BCUT2D eigenvalue weighted by Crippen LogP contribution is -2.29. The van der Waals surface area contributed by atoms with Gasteiger partial charge in [0.15, 0.2) is 0 Å². The number of methoxy groups -OCH3 is 1. The number of sulfonamides is 1. The molecule has 0 heterocycles. The van der Waals surface area contributed by atoms with E-state index in [-0.39, 0.29) is 12.5 Å². The molecule has 7 nitrogen and oxygen atoms in total. The highest BCUT2D eigenvalue weighted by Gasteiger charge is 2.18. The lowest BCUT2D eigenvalue weighted by Gasteiger charge is -2.23. The number of hydrogen-bond donors (Lipinski definition) is 1. The highest BCUT2D eigenvalue weighted by molar-refractivity contribution is 7.92. The van der Waals surface area contributed by atoms with E-state index in [4.69, 9.17) is 4.74 Å². The number of ether oxygens (including phenoxy) is 1. The zero-order valence-electron chi connectivity index (χ0n) is 19.1. The quantitative estimate of drug-likeness (QED) is 0.402. The van der Waals surface area contributed by atoms with Gasteiger partial charge in [-0.2, -0.15) is 5.10 Å². The van der Waals surface area contributed by atoms with Gasteiger partial charge in [-0.05, 0) is 66.9 Å². The van der Waals surface area contributed by atoms with E-state index in [1.54, 1.807) is 43.5 Å². The Labute approximate surface area is 194 Å². The monoisotopic (exact) mass is 465 g/mol. The Morgan fingerprint density at radius 1 is 1.03 bits per heavy atom. The van der Waals surface area contributed by atoms with Crippen molar-refractivity contribution in [2.24, 2.45) is 5.10 Å². The Morgan fingerprint density at radius 2 is 1.73 bits per heavy atom. The first-order chi connectivity index (χ1) is 15.7. The lowest BCUT2D eigenvalue weighted by molar-refractivity contribution is 0.0955. The third-order valence-electron chi connectivity index (χ3n) is 5.23. The summed E-state index contributed by atoms with van der Waals surface area (Å²) < 4.78 is 31.5. The number of para-hydroxylation sites is 1. The number of carbonyl (C=O) groups is 1. The molecule has 1 amide bonds. The topological polar surface area (TPSA) is 88.1 Å². The second-order valence-corrected chi connectivity index (χ2v) is 9.58. The maximum atomic E-state index is 12.4. The fourth-order valence-electron chi connectivity index (χ4n) is 3.21. The summed E-state index contributed by atoms with van der Waals surface area (Å²) in [5.74, 6) is 0.279. The summed E-state index contributed by atoms with van der Waals surface area (Å²) in [5, 5.41) is 3.99. The summed E-state index contributed by atoms with van der Waals surface area (Å²) in [6, 6.07) is 19.6. The summed E-state index contributed by atoms with van der Waals surface area (Å²) in [4.78, 5) is 12.4. The predicted molar refractivity (Wildman–Crippen MR) is 131 cm³/mol. The molecular weight excluding hydrogens is 438 g/mol. The molecule has 0 unspecified atom stereocenters. The molecule has 0 radical (unpaired) electrons. The molecule has 0 atom stereocenters. The van der Waals surface area contributed by atoms with Crippen molar-refractivity contribution in [1.82, 2.24) is 5.43 Å². The van der Waals surface area contributed by atoms with Crippen LogP contribution in [-0.4, -0.2) is 33.9 Å². The molecule has 0 fully saturated rings. The van der Waals surface area contributed by atoms with Crippen LogP contribution in [0.25, 0.3) is 0 Å². The molecule has 0 saturated carbocycles. The molecule has 0 aromatic heterocycles. The average molecular weight is 466 g/mol. The maximum Gasteiger partial charge on any atom is 0.271 e. The van der Waals surface area contributed by atoms with Crippen molar-refractivity contribution in [2.45, 2.75) is 20.4 Å². The van der Waals surface area contributed by atoms with Crippen LogP contribution < -0.4 is 14.5 Å². The van der Waals surface area contributed by atoms with Gasteiger partial charge in [-0.15, -0.1) is 0 Å². The van der Waals surface area contributed by atoms with Crippen LogP contribution in [-0.2, 0) is 16.6 Å². The van der Waals surface area contributed by atoms with Gasteiger partial charge in [-0.25, -0.2) is 13.8 Å². The molecule has 3 rings (SSSR count). The van der Waals surface area contributed by atoms with Gasteiger partial charge in [0, 0.05) is 11.1 Å². The first-order valence-corrected chi connectivity index (χ1v) is 12.1. The molecule has 172 valence electrons. The lowest BCUT2D eigenvalue weighted by atomic mass is 10.1. The number of rotatable bonds is 8. The van der Waals surface area contributed by atoms with E-state index in [9.17, 15) is 13.2 Å². The van der Waals surface area contributed by atoms with Gasteiger partial charge < -0.3 is 4.74 Å². The molecule has 33 heavy (non-hydrogen) atoms. The Morgan fingerprint density at radius 3 is 2.36 bits per heavy atom. The molecule has 0 saturated heterocycles. The van der Waals surface area contributed by atoms with Gasteiger partial charge in [-0.3, -0.25) is 9.10 Å². The maximum absolute atomic E-state index is 12.4. The van der Waals surface area contributed by atoms with Crippen molar-refractivity contribution >= 4 is 27.8 Å². The second-order valence-electron chi connectivity index (χ2n) is 7.68. The number of hydrazone groups is 1. The molecule has 3 aromatic carbocycles. The molecule has 3 aromatic rings. The van der Waals surface area contributed by atoms with E-state index >= 15 is 0 Å². The van der Waals surface area contributed by atoms with E-state index < -0.39 is 10.0 Å². The van der Waals surface area contributed by atoms with Crippen LogP contribution in [0, 0.1) is 13.8 Å². The summed E-state index contributed by atoms with van der Waals surface area (Å²) in [6.07, 6.45) is 2.70. The van der Waals surface area contributed by atoms with Crippen LogP contribution in [0.1, 0.15) is 32.6 Å². The van der Waals surface area contributed by atoms with Crippen LogP contribution in [0.4, 0.5) is 5.69 Å². The summed E-state index contributed by atoms with van der Waals surface area (Å²) in [6.45, 7) is 4.09. The number of carbonyl (C=O) groups excluding carboxylic acids is 1. The molecule has 0 aliphatic carbocycles. The van der Waals surface area contributed by atoms with E-state index in [1.807, 2.05) is 44.2 Å². The van der Waals surface area contributed by atoms with Gasteiger partial charge in [-0.1, -0.05) is 30.3 Å². The Bertz CT molecular complexity index is 1270. The number of amides is 1. The normalized spacial score (nSPS) is 11.4. The SMILES string of the molecule is COc1ccccc1/C=N/NC(=O)c1ccc(CN(c2ccc(C)c(C)c2)S(C)(=O)=O)cc1. The van der Waals surface area contributed by atoms with Crippen molar-refractivity contribution in [3.05, 3.63) is 94.5 Å². The molecule has 0 bridgehead atoms. The minimum absolute atomic E-state index is 0.162. The number of anilines is 1. The number of nitrogens with one attached hydrogen (secondary N) is 1. The molecule has 8 heteroatoms. The third-order valence-corrected chi connectivity index (χ3v) is 6.37. The van der Waals surface area contributed by atoms with Crippen LogP contribution in [0.15, 0.2) is 71.8 Å². The highest BCUT2D eigenvalue weighted by Crippen LogP contribution is 2.23. The minimum atomic E-state index is -3.49. The number of benzene rings is 3. The molecule has 0 spiro atoms. The van der Waals surface area contributed by atoms with Crippen molar-refractivity contribution in [2.75, 3.05) is 17.7 Å². The number of nitrogens with zero attached hydrogens (tertiary/aromatic N) is 2. The van der Waals surface area contributed by atoms with Crippen LogP contribution in [0.5, 0.6) is 5.75 Å². The van der Waals surface area contributed by atoms with Crippen molar-refractivity contribution < 1.29 is 17.9 Å². The van der Waals surface area contributed by atoms with E-state index in [1.165, 1.54) is 16.8 Å². The highest BCUT2D eigenvalue weighted by atomic mass is 32.2. The van der Waals surface area contributed by atoms with Gasteiger partial charge in [0.05, 0.1) is 31.8 Å². The minimum Gasteiger partial charge on any atom is -0.496 e. The van der Waals surface area contributed by atoms with E-state index in [0.29, 0.717) is 17.0 Å². The van der Waals surface area contributed by atoms with Crippen molar-refractivity contribution in [3.8, 4) is 5.75 Å². The standard InChI is InChI=1S/C25H27N3O4S/c1-18-9-14-23(15-19(18)2)28(33(4,30)31)17-20-10-12-21(13-11-20)25(29)27-26-16-22-7-5-6-8-24(22)32-3/h5-16H,17H2,1-4H3,(H,27,29)/b26-16+. The van der Waals surface area contributed by atoms with Crippen LogP contribution in [0.2, 0.25) is 0 Å². The molecule has 0 aliphatic rings. The van der Waals surface area contributed by atoms with Crippen molar-refractivity contribution in [1.29, 1.82) is 0 Å². The fourth-order valence-corrected chi connectivity index (χ4v) is 4.09. The zero-order valence-corrected chi connectivity index (χ0v) is 19.9. The van der Waals surface area contributed by atoms with Gasteiger partial charge in [0.1, 0.15) is 5.75 Å². The average Bonchev–Trinajstić information content (AvgIpc) is 2.79. The molecular formula is C25H27N3O4S. The first kappa shape index (κ1) is 24.0.